The van der Waals surface area contributed by atoms with Crippen molar-refractivity contribution in [3.8, 4) is 0 Å². The summed E-state index contributed by atoms with van der Waals surface area (Å²) in [5.41, 5.74) is 1.85. The van der Waals surface area contributed by atoms with Gasteiger partial charge in [-0.05, 0) is 37.4 Å². The van der Waals surface area contributed by atoms with Crippen LogP contribution >= 0.6 is 0 Å². The second kappa shape index (κ2) is 2.80. The summed E-state index contributed by atoms with van der Waals surface area (Å²) in [4.78, 5) is 4.28. The van der Waals surface area contributed by atoms with Crippen molar-refractivity contribution in [2.75, 3.05) is 0 Å². The SMILES string of the molecule is Cc1cc2ccc(F)cc2c(C)n1. The summed E-state index contributed by atoms with van der Waals surface area (Å²) in [5, 5.41) is 1.94. The first kappa shape index (κ1) is 8.17. The zero-order valence-electron chi connectivity index (χ0n) is 7.63. The van der Waals surface area contributed by atoms with Crippen LogP contribution in [-0.4, -0.2) is 4.98 Å². The predicted molar refractivity (Wildman–Crippen MR) is 51.2 cm³/mol. The molecule has 2 heteroatoms. The van der Waals surface area contributed by atoms with E-state index in [0.717, 1.165) is 22.2 Å². The average Bonchev–Trinajstić information content (AvgIpc) is 2.06. The molecule has 0 fully saturated rings. The molecule has 1 aromatic heterocycles. The van der Waals surface area contributed by atoms with Crippen LogP contribution in [0.4, 0.5) is 4.39 Å². The highest BCUT2D eigenvalue weighted by Gasteiger charge is 2.00. The van der Waals surface area contributed by atoms with Crippen LogP contribution < -0.4 is 0 Å². The first-order valence-electron chi connectivity index (χ1n) is 4.20. The maximum Gasteiger partial charge on any atom is 0.123 e. The van der Waals surface area contributed by atoms with Gasteiger partial charge in [-0.25, -0.2) is 4.39 Å². The molecule has 0 atom stereocenters. The van der Waals surface area contributed by atoms with E-state index in [4.69, 9.17) is 0 Å². The van der Waals surface area contributed by atoms with Crippen molar-refractivity contribution in [2.24, 2.45) is 0 Å². The van der Waals surface area contributed by atoms with Crippen molar-refractivity contribution in [3.05, 3.63) is 41.5 Å². The second-order valence-electron chi connectivity index (χ2n) is 3.21. The van der Waals surface area contributed by atoms with Crippen LogP contribution in [-0.2, 0) is 0 Å². The molecule has 2 rings (SSSR count). The first-order chi connectivity index (χ1) is 6.16. The Bertz CT molecular complexity index is 463. The van der Waals surface area contributed by atoms with E-state index in [1.807, 2.05) is 19.9 Å². The minimum atomic E-state index is -0.207. The molecule has 0 spiro atoms. The monoisotopic (exact) mass is 175 g/mol. The Morgan fingerprint density at radius 3 is 2.69 bits per heavy atom. The molecule has 0 N–H and O–H groups in total. The Morgan fingerprint density at radius 1 is 1.15 bits per heavy atom. The lowest BCUT2D eigenvalue weighted by Gasteiger charge is -2.02. The lowest BCUT2D eigenvalue weighted by Crippen LogP contribution is -1.88. The van der Waals surface area contributed by atoms with Gasteiger partial charge in [-0.1, -0.05) is 6.07 Å². The lowest BCUT2D eigenvalue weighted by atomic mass is 10.1. The van der Waals surface area contributed by atoms with Gasteiger partial charge >= 0.3 is 0 Å². The highest BCUT2D eigenvalue weighted by Crippen LogP contribution is 2.18. The molecule has 1 heterocycles. The molecule has 0 amide bonds. The third-order valence-electron chi connectivity index (χ3n) is 2.11. The third kappa shape index (κ3) is 1.39. The van der Waals surface area contributed by atoms with Crippen LogP contribution in [0, 0.1) is 19.7 Å². The molecule has 1 nitrogen and oxygen atoms in total. The summed E-state index contributed by atoms with van der Waals surface area (Å²) in [6.07, 6.45) is 0. The first-order valence-corrected chi connectivity index (χ1v) is 4.20. The van der Waals surface area contributed by atoms with Crippen molar-refractivity contribution in [3.63, 3.8) is 0 Å². The molecule has 1 aromatic carbocycles. The van der Waals surface area contributed by atoms with Crippen LogP contribution in [0.5, 0.6) is 0 Å². The Labute approximate surface area is 76.2 Å². The average molecular weight is 175 g/mol. The number of pyridine rings is 1. The molecule has 0 aliphatic rings. The van der Waals surface area contributed by atoms with E-state index in [9.17, 15) is 4.39 Å². The number of aromatic nitrogens is 1. The van der Waals surface area contributed by atoms with Gasteiger partial charge < -0.3 is 0 Å². The van der Waals surface area contributed by atoms with Gasteiger partial charge in [-0.3, -0.25) is 4.98 Å². The fourth-order valence-corrected chi connectivity index (χ4v) is 1.55. The number of halogens is 1. The van der Waals surface area contributed by atoms with E-state index >= 15 is 0 Å². The van der Waals surface area contributed by atoms with Crippen LogP contribution in [0.1, 0.15) is 11.4 Å². The van der Waals surface area contributed by atoms with Gasteiger partial charge in [0.2, 0.25) is 0 Å². The topological polar surface area (TPSA) is 12.9 Å². The van der Waals surface area contributed by atoms with E-state index in [1.165, 1.54) is 12.1 Å². The van der Waals surface area contributed by atoms with Gasteiger partial charge in [0.1, 0.15) is 5.82 Å². The van der Waals surface area contributed by atoms with Gasteiger partial charge in [-0.2, -0.15) is 0 Å². The largest absolute Gasteiger partial charge is 0.258 e. The molecule has 0 unspecified atom stereocenters. The molecule has 0 bridgehead atoms. The van der Waals surface area contributed by atoms with Gasteiger partial charge in [0, 0.05) is 16.8 Å². The van der Waals surface area contributed by atoms with Crippen LogP contribution in [0.3, 0.4) is 0 Å². The Hall–Kier alpha value is -1.44. The zero-order chi connectivity index (χ0) is 9.42. The number of aryl methyl sites for hydroxylation is 2. The van der Waals surface area contributed by atoms with Gasteiger partial charge in [0.05, 0.1) is 0 Å². The summed E-state index contributed by atoms with van der Waals surface area (Å²) < 4.78 is 12.9. The van der Waals surface area contributed by atoms with Gasteiger partial charge in [-0.15, -0.1) is 0 Å². The number of hydrogen-bond acceptors (Lipinski definition) is 1. The van der Waals surface area contributed by atoms with Gasteiger partial charge in [0.25, 0.3) is 0 Å². The third-order valence-corrected chi connectivity index (χ3v) is 2.11. The summed E-state index contributed by atoms with van der Waals surface area (Å²) in [6, 6.07) is 6.74. The molecule has 66 valence electrons. The zero-order valence-corrected chi connectivity index (χ0v) is 7.63. The Morgan fingerprint density at radius 2 is 1.92 bits per heavy atom. The normalized spacial score (nSPS) is 10.7. The Balaban J connectivity index is 2.87. The van der Waals surface area contributed by atoms with E-state index in [2.05, 4.69) is 4.98 Å². The second-order valence-corrected chi connectivity index (χ2v) is 3.21. The van der Waals surface area contributed by atoms with Gasteiger partial charge in [0.15, 0.2) is 0 Å². The minimum absolute atomic E-state index is 0.207. The van der Waals surface area contributed by atoms with Crippen molar-refractivity contribution >= 4 is 10.8 Å². The van der Waals surface area contributed by atoms with Crippen molar-refractivity contribution in [2.45, 2.75) is 13.8 Å². The molecule has 0 saturated carbocycles. The van der Waals surface area contributed by atoms with E-state index < -0.39 is 0 Å². The summed E-state index contributed by atoms with van der Waals surface area (Å²) in [5.74, 6) is -0.207. The highest BCUT2D eigenvalue weighted by molar-refractivity contribution is 5.84. The summed E-state index contributed by atoms with van der Waals surface area (Å²) >= 11 is 0. The fourth-order valence-electron chi connectivity index (χ4n) is 1.55. The van der Waals surface area contributed by atoms with Crippen LogP contribution in [0.15, 0.2) is 24.3 Å². The fraction of sp³-hybridized carbons (Fsp3) is 0.182. The maximum absolute atomic E-state index is 12.9. The number of benzene rings is 1. The van der Waals surface area contributed by atoms with Crippen molar-refractivity contribution < 1.29 is 4.39 Å². The van der Waals surface area contributed by atoms with Crippen molar-refractivity contribution in [1.29, 1.82) is 0 Å². The predicted octanol–water partition coefficient (Wildman–Crippen LogP) is 2.99. The summed E-state index contributed by atoms with van der Waals surface area (Å²) in [6.45, 7) is 3.84. The smallest absolute Gasteiger partial charge is 0.123 e. The highest BCUT2D eigenvalue weighted by atomic mass is 19.1. The lowest BCUT2D eigenvalue weighted by molar-refractivity contribution is 0.629. The molecule has 0 aliphatic carbocycles. The van der Waals surface area contributed by atoms with Crippen LogP contribution in [0.25, 0.3) is 10.8 Å². The van der Waals surface area contributed by atoms with Crippen molar-refractivity contribution in [1.82, 2.24) is 4.98 Å². The number of fused-ring (bicyclic) bond motifs is 1. The quantitative estimate of drug-likeness (QED) is 0.599. The van der Waals surface area contributed by atoms with E-state index in [0.29, 0.717) is 0 Å². The van der Waals surface area contributed by atoms with E-state index in [1.54, 1.807) is 6.07 Å². The number of nitrogens with zero attached hydrogens (tertiary/aromatic N) is 1. The Kier molecular flexibility index (Phi) is 1.76. The van der Waals surface area contributed by atoms with E-state index in [-0.39, 0.29) is 5.82 Å². The molecule has 2 aromatic rings. The number of hydrogen-bond donors (Lipinski definition) is 0. The number of rotatable bonds is 0. The maximum atomic E-state index is 12.9. The molecular formula is C11H10FN. The molecule has 0 aliphatic heterocycles. The molecule has 0 saturated heterocycles. The minimum Gasteiger partial charge on any atom is -0.258 e. The standard InChI is InChI=1S/C11H10FN/c1-7-5-9-3-4-10(12)6-11(9)8(2)13-7/h3-6H,1-2H3. The molecule has 0 radical (unpaired) electrons. The molecular weight excluding hydrogens is 165 g/mol. The van der Waals surface area contributed by atoms with Crippen LogP contribution in [0.2, 0.25) is 0 Å². The molecule has 13 heavy (non-hydrogen) atoms. The summed E-state index contributed by atoms with van der Waals surface area (Å²) in [7, 11) is 0.